The molecule has 0 fully saturated rings. The third kappa shape index (κ3) is 3.30. The number of fused-ring (bicyclic) bond motifs is 1. The third-order valence-corrected chi connectivity index (χ3v) is 3.60. The first-order valence-corrected chi connectivity index (χ1v) is 7.03. The maximum absolute atomic E-state index is 11.4. The lowest BCUT2D eigenvalue weighted by Crippen LogP contribution is -2.26. The zero-order chi connectivity index (χ0) is 15.4. The van der Waals surface area contributed by atoms with Gasteiger partial charge < -0.3 is 15.3 Å². The van der Waals surface area contributed by atoms with Crippen molar-refractivity contribution < 1.29 is 14.8 Å². The van der Waals surface area contributed by atoms with E-state index in [-0.39, 0.29) is 18.2 Å². The van der Waals surface area contributed by atoms with Crippen LogP contribution in [-0.4, -0.2) is 35.6 Å². The summed E-state index contributed by atoms with van der Waals surface area (Å²) in [5.74, 6) is -0.114. The largest absolute Gasteiger partial charge is 0.396 e. The van der Waals surface area contributed by atoms with Gasteiger partial charge in [0.25, 0.3) is 5.69 Å². The first kappa shape index (κ1) is 15.2. The number of aliphatic hydroxyl groups excluding tert-OH is 1. The van der Waals surface area contributed by atoms with E-state index in [1.54, 1.807) is 6.07 Å². The fourth-order valence-corrected chi connectivity index (χ4v) is 2.51. The quantitative estimate of drug-likeness (QED) is 0.614. The highest BCUT2D eigenvalue weighted by atomic mass is 16.6. The van der Waals surface area contributed by atoms with Crippen LogP contribution in [0.5, 0.6) is 0 Å². The number of aryl methyl sites for hydroxylation is 1. The van der Waals surface area contributed by atoms with Gasteiger partial charge in [-0.15, -0.1) is 0 Å². The fraction of sp³-hybridized carbons (Fsp3) is 0.500. The molecule has 0 saturated carbocycles. The van der Waals surface area contributed by atoms with Gasteiger partial charge in [-0.2, -0.15) is 0 Å². The molecule has 1 amide bonds. The second-order valence-electron chi connectivity index (χ2n) is 4.96. The first-order chi connectivity index (χ1) is 10.1. The molecule has 1 aliphatic rings. The third-order valence-electron chi connectivity index (χ3n) is 3.60. The number of carbonyl (C=O) groups excluding carboxylic acids is 1. The number of hydrogen-bond acceptors (Lipinski definition) is 5. The molecule has 0 aromatic heterocycles. The van der Waals surface area contributed by atoms with Gasteiger partial charge in [-0.1, -0.05) is 0 Å². The van der Waals surface area contributed by atoms with Gasteiger partial charge in [-0.3, -0.25) is 14.9 Å². The van der Waals surface area contributed by atoms with Crippen LogP contribution in [0.3, 0.4) is 0 Å². The molecule has 0 aliphatic carbocycles. The molecule has 0 bridgehead atoms. The Labute approximate surface area is 122 Å². The molecule has 0 saturated heterocycles. The highest BCUT2D eigenvalue weighted by molar-refractivity contribution is 5.95. The summed E-state index contributed by atoms with van der Waals surface area (Å²) in [6.45, 7) is 3.14. The van der Waals surface area contributed by atoms with E-state index in [2.05, 4.69) is 5.32 Å². The van der Waals surface area contributed by atoms with E-state index in [9.17, 15) is 14.9 Å². The number of nitro benzene ring substituents is 1. The molecule has 1 heterocycles. The Morgan fingerprint density at radius 3 is 2.81 bits per heavy atom. The average molecular weight is 293 g/mol. The minimum atomic E-state index is -0.433. The molecule has 1 aromatic carbocycles. The molecule has 2 N–H and O–H groups in total. The molecule has 2 rings (SSSR count). The summed E-state index contributed by atoms with van der Waals surface area (Å²) < 4.78 is 0. The topological polar surface area (TPSA) is 95.7 Å². The van der Waals surface area contributed by atoms with Crippen molar-refractivity contribution in [2.75, 3.05) is 29.9 Å². The van der Waals surface area contributed by atoms with Gasteiger partial charge in [0.15, 0.2) is 0 Å². The van der Waals surface area contributed by atoms with Crippen molar-refractivity contribution in [1.29, 1.82) is 0 Å². The van der Waals surface area contributed by atoms with Gasteiger partial charge in [0, 0.05) is 32.2 Å². The molecule has 7 nitrogen and oxygen atoms in total. The molecular formula is C14H19N3O4. The zero-order valence-electron chi connectivity index (χ0n) is 12.0. The number of nitrogens with one attached hydrogen (secondary N) is 1. The molecule has 0 unspecified atom stereocenters. The maximum Gasteiger partial charge on any atom is 0.294 e. The van der Waals surface area contributed by atoms with E-state index in [0.29, 0.717) is 43.7 Å². The second-order valence-corrected chi connectivity index (χ2v) is 4.96. The van der Waals surface area contributed by atoms with Gasteiger partial charge in [0.05, 0.1) is 10.6 Å². The standard InChI is InChI=1S/C14H19N3O4/c1-2-16(6-3-7-18)12-8-10-4-5-14(19)15-11(10)9-13(12)17(20)21/h8-9,18H,2-7H2,1H3,(H,15,19). The van der Waals surface area contributed by atoms with Gasteiger partial charge in [0.1, 0.15) is 5.69 Å². The molecule has 114 valence electrons. The van der Waals surface area contributed by atoms with E-state index in [1.807, 2.05) is 11.8 Å². The number of benzene rings is 1. The second kappa shape index (κ2) is 6.53. The van der Waals surface area contributed by atoms with Crippen molar-refractivity contribution in [2.45, 2.75) is 26.2 Å². The summed E-state index contributed by atoms with van der Waals surface area (Å²) in [5.41, 5.74) is 1.97. The molecule has 0 atom stereocenters. The fourth-order valence-electron chi connectivity index (χ4n) is 2.51. The van der Waals surface area contributed by atoms with E-state index in [4.69, 9.17) is 5.11 Å². The van der Waals surface area contributed by atoms with Crippen molar-refractivity contribution in [1.82, 2.24) is 0 Å². The number of nitrogens with zero attached hydrogens (tertiary/aromatic N) is 2. The van der Waals surface area contributed by atoms with Gasteiger partial charge >= 0.3 is 0 Å². The lowest BCUT2D eigenvalue weighted by molar-refractivity contribution is -0.384. The van der Waals surface area contributed by atoms with E-state index >= 15 is 0 Å². The van der Waals surface area contributed by atoms with Crippen LogP contribution in [0.4, 0.5) is 17.1 Å². The van der Waals surface area contributed by atoms with Crippen LogP contribution in [0.25, 0.3) is 0 Å². The van der Waals surface area contributed by atoms with Crippen molar-refractivity contribution in [3.63, 3.8) is 0 Å². The lowest BCUT2D eigenvalue weighted by Gasteiger charge is -2.25. The van der Waals surface area contributed by atoms with Crippen molar-refractivity contribution >= 4 is 23.0 Å². The summed E-state index contributed by atoms with van der Waals surface area (Å²) in [7, 11) is 0. The summed E-state index contributed by atoms with van der Waals surface area (Å²) in [5, 5.41) is 22.9. The summed E-state index contributed by atoms with van der Waals surface area (Å²) >= 11 is 0. The van der Waals surface area contributed by atoms with Crippen LogP contribution >= 0.6 is 0 Å². The Hall–Kier alpha value is -2.15. The summed E-state index contributed by atoms with van der Waals surface area (Å²) in [6.07, 6.45) is 1.54. The first-order valence-electron chi connectivity index (χ1n) is 7.03. The molecule has 7 heteroatoms. The van der Waals surface area contributed by atoms with Crippen LogP contribution < -0.4 is 10.2 Å². The van der Waals surface area contributed by atoms with Crippen molar-refractivity contribution in [3.05, 3.63) is 27.8 Å². The van der Waals surface area contributed by atoms with E-state index in [0.717, 1.165) is 5.56 Å². The molecule has 1 aromatic rings. The van der Waals surface area contributed by atoms with Gasteiger partial charge in [0.2, 0.25) is 5.91 Å². The number of rotatable bonds is 6. The van der Waals surface area contributed by atoms with Crippen LogP contribution in [-0.2, 0) is 11.2 Å². The highest BCUT2D eigenvalue weighted by Crippen LogP contribution is 2.36. The van der Waals surface area contributed by atoms with Gasteiger partial charge in [-0.25, -0.2) is 0 Å². The van der Waals surface area contributed by atoms with E-state index in [1.165, 1.54) is 6.07 Å². The Bertz CT molecular complexity index is 559. The van der Waals surface area contributed by atoms with Crippen LogP contribution in [0.1, 0.15) is 25.3 Å². The summed E-state index contributed by atoms with van der Waals surface area (Å²) in [4.78, 5) is 24.2. The van der Waals surface area contributed by atoms with E-state index < -0.39 is 4.92 Å². The lowest BCUT2D eigenvalue weighted by atomic mass is 10.0. The number of nitro groups is 1. The monoisotopic (exact) mass is 293 g/mol. The molecular weight excluding hydrogens is 274 g/mol. The Morgan fingerprint density at radius 2 is 2.19 bits per heavy atom. The number of aliphatic hydroxyl groups is 1. The van der Waals surface area contributed by atoms with Gasteiger partial charge in [-0.05, 0) is 31.4 Å². The molecule has 0 spiro atoms. The predicted molar refractivity (Wildman–Crippen MR) is 79.6 cm³/mol. The SMILES string of the molecule is CCN(CCCO)c1cc2c(cc1[N+](=O)[O-])NC(=O)CC2. The number of anilines is 2. The zero-order valence-corrected chi connectivity index (χ0v) is 12.0. The van der Waals surface area contributed by atoms with Crippen LogP contribution in [0.15, 0.2) is 12.1 Å². The van der Waals surface area contributed by atoms with Crippen LogP contribution in [0, 0.1) is 10.1 Å². The Balaban J connectivity index is 2.43. The molecule has 0 radical (unpaired) electrons. The van der Waals surface area contributed by atoms with Crippen LogP contribution in [0.2, 0.25) is 0 Å². The van der Waals surface area contributed by atoms with Crippen molar-refractivity contribution in [3.8, 4) is 0 Å². The summed E-state index contributed by atoms with van der Waals surface area (Å²) in [6, 6.07) is 3.22. The smallest absolute Gasteiger partial charge is 0.294 e. The van der Waals surface area contributed by atoms with Crippen molar-refractivity contribution in [2.24, 2.45) is 0 Å². The number of hydrogen-bond donors (Lipinski definition) is 2. The minimum Gasteiger partial charge on any atom is -0.396 e. The Morgan fingerprint density at radius 1 is 1.43 bits per heavy atom. The minimum absolute atomic E-state index is 0.0178. The molecule has 21 heavy (non-hydrogen) atoms. The number of carbonyl (C=O) groups is 1. The predicted octanol–water partition coefficient (Wildman–Crippen LogP) is 1.69. The number of amides is 1. The average Bonchev–Trinajstić information content (AvgIpc) is 2.47. The normalized spacial score (nSPS) is 13.5. The Kier molecular flexibility index (Phi) is 4.74. The molecule has 1 aliphatic heterocycles. The maximum atomic E-state index is 11.4. The highest BCUT2D eigenvalue weighted by Gasteiger charge is 2.24.